The van der Waals surface area contributed by atoms with Crippen molar-refractivity contribution in [2.45, 2.75) is 4.90 Å². The highest BCUT2D eigenvalue weighted by atomic mass is 35.5. The first-order chi connectivity index (χ1) is 9.83. The fraction of sp³-hybridized carbons (Fsp3) is 0. The second-order valence-electron chi connectivity index (χ2n) is 3.92. The largest absolute Gasteiger partial charge is 0.376 e. The van der Waals surface area contributed by atoms with E-state index in [0.717, 1.165) is 0 Å². The van der Waals surface area contributed by atoms with Gasteiger partial charge in [0.25, 0.3) is 0 Å². The van der Waals surface area contributed by atoms with Crippen LogP contribution in [0.15, 0.2) is 41.3 Å². The minimum absolute atomic E-state index is 0.0814. The van der Waals surface area contributed by atoms with Crippen LogP contribution in [0.25, 0.3) is 0 Å². The summed E-state index contributed by atoms with van der Waals surface area (Å²) >= 11 is 17.5. The number of carbonyl (C=O) groups excluding carboxylic acids is 1. The van der Waals surface area contributed by atoms with Crippen molar-refractivity contribution in [2.24, 2.45) is 0 Å². The summed E-state index contributed by atoms with van der Waals surface area (Å²) in [5.41, 5.74) is 0.209. The molecular weight excluding hydrogens is 359 g/mol. The van der Waals surface area contributed by atoms with E-state index in [4.69, 9.17) is 39.0 Å². The molecule has 110 valence electrons. The van der Waals surface area contributed by atoms with E-state index in [1.165, 1.54) is 36.4 Å². The van der Waals surface area contributed by atoms with Crippen molar-refractivity contribution in [3.8, 4) is 5.75 Å². The maximum absolute atomic E-state index is 12.1. The number of aldehydes is 1. The van der Waals surface area contributed by atoms with Crippen LogP contribution in [0.4, 0.5) is 0 Å². The quantitative estimate of drug-likeness (QED) is 0.601. The van der Waals surface area contributed by atoms with Crippen LogP contribution in [0.5, 0.6) is 5.75 Å². The van der Waals surface area contributed by atoms with Crippen molar-refractivity contribution in [1.82, 2.24) is 0 Å². The Labute approximate surface area is 136 Å². The van der Waals surface area contributed by atoms with Crippen molar-refractivity contribution in [1.29, 1.82) is 0 Å². The molecule has 0 aliphatic carbocycles. The van der Waals surface area contributed by atoms with Crippen molar-refractivity contribution < 1.29 is 17.4 Å². The predicted molar refractivity (Wildman–Crippen MR) is 81.1 cm³/mol. The molecule has 0 bridgehead atoms. The zero-order chi connectivity index (χ0) is 15.6. The Morgan fingerprint density at radius 2 is 1.48 bits per heavy atom. The van der Waals surface area contributed by atoms with Gasteiger partial charge in [0.2, 0.25) is 0 Å². The lowest BCUT2D eigenvalue weighted by Gasteiger charge is -2.10. The lowest BCUT2D eigenvalue weighted by Crippen LogP contribution is -2.10. The number of rotatable bonds is 4. The molecule has 21 heavy (non-hydrogen) atoms. The van der Waals surface area contributed by atoms with Crippen molar-refractivity contribution in [3.63, 3.8) is 0 Å². The normalized spacial score (nSPS) is 11.2. The zero-order valence-corrected chi connectivity index (χ0v) is 13.3. The number of benzene rings is 2. The fourth-order valence-corrected chi connectivity index (χ4v) is 3.25. The number of hydrogen-bond donors (Lipinski definition) is 0. The molecule has 2 aromatic rings. The number of hydrogen-bond acceptors (Lipinski definition) is 4. The van der Waals surface area contributed by atoms with Crippen LogP contribution < -0.4 is 4.18 Å². The molecule has 0 amide bonds. The lowest BCUT2D eigenvalue weighted by molar-refractivity contribution is 0.112. The van der Waals surface area contributed by atoms with Crippen LogP contribution in [0.1, 0.15) is 10.4 Å². The summed E-state index contributed by atoms with van der Waals surface area (Å²) in [6, 6.07) is 7.92. The Morgan fingerprint density at radius 1 is 0.952 bits per heavy atom. The molecule has 0 saturated carbocycles. The Balaban J connectivity index is 2.41. The van der Waals surface area contributed by atoms with E-state index < -0.39 is 10.1 Å². The van der Waals surface area contributed by atoms with Gasteiger partial charge >= 0.3 is 10.1 Å². The standard InChI is InChI=1S/C13H7Cl3O4S/c14-9-1-3-10(4-2-9)21(18,19)20-13-11(15)5-8(7-17)6-12(13)16/h1-7H. The van der Waals surface area contributed by atoms with Crippen LogP contribution in [-0.4, -0.2) is 14.7 Å². The second-order valence-corrected chi connectivity index (χ2v) is 6.72. The topological polar surface area (TPSA) is 60.4 Å². The monoisotopic (exact) mass is 364 g/mol. The van der Waals surface area contributed by atoms with Gasteiger partial charge in [0.15, 0.2) is 5.75 Å². The van der Waals surface area contributed by atoms with Gasteiger partial charge < -0.3 is 4.18 Å². The van der Waals surface area contributed by atoms with Gasteiger partial charge in [0.1, 0.15) is 11.2 Å². The van der Waals surface area contributed by atoms with Crippen LogP contribution in [0.3, 0.4) is 0 Å². The van der Waals surface area contributed by atoms with Crippen molar-refractivity contribution >= 4 is 51.2 Å². The van der Waals surface area contributed by atoms with Crippen molar-refractivity contribution in [3.05, 3.63) is 57.0 Å². The summed E-state index contributed by atoms with van der Waals surface area (Å²) in [5.74, 6) is -0.237. The molecule has 0 aliphatic rings. The molecule has 0 aromatic heterocycles. The van der Waals surface area contributed by atoms with Crippen molar-refractivity contribution in [2.75, 3.05) is 0 Å². The molecular formula is C13H7Cl3O4S. The molecule has 0 N–H and O–H groups in total. The van der Waals surface area contributed by atoms with Gasteiger partial charge in [-0.15, -0.1) is 0 Å². The molecule has 0 atom stereocenters. The minimum Gasteiger partial charge on any atom is -0.376 e. The fourth-order valence-electron chi connectivity index (χ4n) is 1.49. The lowest BCUT2D eigenvalue weighted by atomic mass is 10.2. The molecule has 0 unspecified atom stereocenters. The van der Waals surface area contributed by atoms with Gasteiger partial charge in [-0.05, 0) is 36.4 Å². The van der Waals surface area contributed by atoms with Crippen LogP contribution in [0, 0.1) is 0 Å². The smallest absolute Gasteiger partial charge is 0.339 e. The van der Waals surface area contributed by atoms with E-state index in [0.29, 0.717) is 11.3 Å². The molecule has 0 heterocycles. The molecule has 0 spiro atoms. The first-order valence-corrected chi connectivity index (χ1v) is 8.02. The molecule has 0 fully saturated rings. The molecule has 8 heteroatoms. The van der Waals surface area contributed by atoms with Gasteiger partial charge in [0.05, 0.1) is 10.0 Å². The van der Waals surface area contributed by atoms with E-state index in [1.54, 1.807) is 0 Å². The van der Waals surface area contributed by atoms with Crippen LogP contribution in [0.2, 0.25) is 15.1 Å². The van der Waals surface area contributed by atoms with Crippen LogP contribution in [-0.2, 0) is 10.1 Å². The molecule has 0 aliphatic heterocycles. The molecule has 0 saturated heterocycles. The van der Waals surface area contributed by atoms with E-state index in [9.17, 15) is 13.2 Å². The second kappa shape index (κ2) is 6.23. The Hall–Kier alpha value is -1.27. The molecule has 2 aromatic carbocycles. The highest BCUT2D eigenvalue weighted by Crippen LogP contribution is 2.35. The average molecular weight is 366 g/mol. The summed E-state index contributed by atoms with van der Waals surface area (Å²) in [4.78, 5) is 10.6. The van der Waals surface area contributed by atoms with Crippen LogP contribution >= 0.6 is 34.8 Å². The number of carbonyl (C=O) groups is 1. The Kier molecular flexibility index (Phi) is 4.78. The average Bonchev–Trinajstić information content (AvgIpc) is 2.43. The third-order valence-corrected chi connectivity index (χ3v) is 4.50. The zero-order valence-electron chi connectivity index (χ0n) is 10.2. The van der Waals surface area contributed by atoms with E-state index in [2.05, 4.69) is 0 Å². The third kappa shape index (κ3) is 3.68. The van der Waals surface area contributed by atoms with Gasteiger partial charge in [-0.1, -0.05) is 34.8 Å². The first-order valence-electron chi connectivity index (χ1n) is 5.48. The van der Waals surface area contributed by atoms with Gasteiger partial charge in [-0.25, -0.2) is 0 Å². The number of halogens is 3. The summed E-state index contributed by atoms with van der Waals surface area (Å²) in [5, 5.41) is 0.227. The summed E-state index contributed by atoms with van der Waals surface area (Å²) in [7, 11) is -4.11. The van der Waals surface area contributed by atoms with E-state index >= 15 is 0 Å². The Bertz CT molecular complexity index is 763. The summed E-state index contributed by atoms with van der Waals surface area (Å²) < 4.78 is 29.2. The third-order valence-electron chi connectivity index (χ3n) is 2.45. The maximum atomic E-state index is 12.1. The van der Waals surface area contributed by atoms with E-state index in [-0.39, 0.29) is 26.3 Å². The highest BCUT2D eigenvalue weighted by Gasteiger charge is 2.21. The SMILES string of the molecule is O=Cc1cc(Cl)c(OS(=O)(=O)c2ccc(Cl)cc2)c(Cl)c1. The Morgan fingerprint density at radius 3 is 1.95 bits per heavy atom. The first kappa shape index (κ1) is 16.1. The van der Waals surface area contributed by atoms with Gasteiger partial charge in [-0.3, -0.25) is 4.79 Å². The minimum atomic E-state index is -4.11. The molecule has 4 nitrogen and oxygen atoms in total. The molecule has 2 rings (SSSR count). The molecule has 0 radical (unpaired) electrons. The highest BCUT2D eigenvalue weighted by molar-refractivity contribution is 7.87. The maximum Gasteiger partial charge on any atom is 0.339 e. The van der Waals surface area contributed by atoms with Gasteiger partial charge in [0, 0.05) is 10.6 Å². The summed E-state index contributed by atoms with van der Waals surface area (Å²) in [6.45, 7) is 0. The summed E-state index contributed by atoms with van der Waals surface area (Å²) in [6.07, 6.45) is 0.537. The van der Waals surface area contributed by atoms with E-state index in [1.807, 2.05) is 0 Å². The predicted octanol–water partition coefficient (Wildman–Crippen LogP) is 4.23. The van der Waals surface area contributed by atoms with Gasteiger partial charge in [-0.2, -0.15) is 8.42 Å².